The van der Waals surface area contributed by atoms with Gasteiger partial charge in [0.05, 0.1) is 12.5 Å². The Hall–Kier alpha value is -0.760. The van der Waals surface area contributed by atoms with Crippen LogP contribution >= 0.6 is 0 Å². The van der Waals surface area contributed by atoms with Crippen LogP contribution in [0.15, 0.2) is 23.0 Å². The highest BCUT2D eigenvalue weighted by Gasteiger charge is 2.28. The molecular weight excluding hydrogens is 198 g/mol. The van der Waals surface area contributed by atoms with E-state index in [1.807, 2.05) is 6.26 Å². The first kappa shape index (κ1) is 11.7. The molecule has 1 aliphatic carbocycles. The summed E-state index contributed by atoms with van der Waals surface area (Å²) in [5.41, 5.74) is 1.25. The normalized spacial score (nSPS) is 32.6. The molecule has 0 aliphatic heterocycles. The Kier molecular flexibility index (Phi) is 3.70. The second-order valence-electron chi connectivity index (χ2n) is 5.36. The van der Waals surface area contributed by atoms with Crippen molar-refractivity contribution < 1.29 is 4.42 Å². The average Bonchev–Trinajstić information content (AvgIpc) is 2.76. The molecular formula is C14H23NO. The smallest absolute Gasteiger partial charge is 0.0950 e. The molecule has 1 fully saturated rings. The van der Waals surface area contributed by atoms with Crippen molar-refractivity contribution in [3.05, 3.63) is 24.2 Å². The van der Waals surface area contributed by atoms with Crippen LogP contribution in [0.4, 0.5) is 0 Å². The molecule has 1 heterocycles. The number of hydrogen-bond donors (Lipinski definition) is 1. The van der Waals surface area contributed by atoms with Crippen LogP contribution in [-0.4, -0.2) is 6.04 Å². The molecule has 0 bridgehead atoms. The summed E-state index contributed by atoms with van der Waals surface area (Å²) in [6.45, 7) is 6.96. The maximum Gasteiger partial charge on any atom is 0.0950 e. The molecule has 0 saturated heterocycles. The highest BCUT2D eigenvalue weighted by Crippen LogP contribution is 2.30. The molecule has 90 valence electrons. The van der Waals surface area contributed by atoms with Gasteiger partial charge < -0.3 is 9.73 Å². The molecule has 1 N–H and O–H groups in total. The van der Waals surface area contributed by atoms with Crippen LogP contribution in [0.3, 0.4) is 0 Å². The molecule has 0 amide bonds. The van der Waals surface area contributed by atoms with E-state index < -0.39 is 0 Å². The van der Waals surface area contributed by atoms with Crippen LogP contribution in [0, 0.1) is 11.8 Å². The van der Waals surface area contributed by atoms with E-state index in [-0.39, 0.29) is 0 Å². The van der Waals surface area contributed by atoms with Crippen LogP contribution in [0.5, 0.6) is 0 Å². The van der Waals surface area contributed by atoms with Crippen molar-refractivity contribution in [1.29, 1.82) is 0 Å². The summed E-state index contributed by atoms with van der Waals surface area (Å²) < 4.78 is 5.14. The Labute approximate surface area is 98.4 Å². The highest BCUT2D eigenvalue weighted by atomic mass is 16.3. The molecule has 16 heavy (non-hydrogen) atoms. The molecule has 0 aromatic carbocycles. The van der Waals surface area contributed by atoms with Crippen molar-refractivity contribution >= 4 is 0 Å². The van der Waals surface area contributed by atoms with Gasteiger partial charge in [-0.05, 0) is 37.7 Å². The summed E-state index contributed by atoms with van der Waals surface area (Å²) >= 11 is 0. The van der Waals surface area contributed by atoms with Gasteiger partial charge in [0.15, 0.2) is 0 Å². The van der Waals surface area contributed by atoms with Gasteiger partial charge in [-0.2, -0.15) is 0 Å². The first-order valence-electron chi connectivity index (χ1n) is 6.46. The first-order valence-corrected chi connectivity index (χ1v) is 6.46. The van der Waals surface area contributed by atoms with Crippen LogP contribution in [0.25, 0.3) is 0 Å². The number of hydrogen-bond acceptors (Lipinski definition) is 2. The quantitative estimate of drug-likeness (QED) is 0.840. The van der Waals surface area contributed by atoms with E-state index in [0.29, 0.717) is 12.1 Å². The molecule has 2 nitrogen and oxygen atoms in total. The predicted octanol–water partition coefficient (Wildman–Crippen LogP) is 3.75. The van der Waals surface area contributed by atoms with Gasteiger partial charge >= 0.3 is 0 Å². The average molecular weight is 221 g/mol. The fourth-order valence-electron chi connectivity index (χ4n) is 2.92. The van der Waals surface area contributed by atoms with Crippen molar-refractivity contribution in [3.63, 3.8) is 0 Å². The van der Waals surface area contributed by atoms with E-state index in [2.05, 4.69) is 32.2 Å². The summed E-state index contributed by atoms with van der Waals surface area (Å²) in [6, 6.07) is 3.10. The van der Waals surface area contributed by atoms with Gasteiger partial charge in [-0.1, -0.05) is 20.3 Å². The number of nitrogens with one attached hydrogen (secondary N) is 1. The zero-order chi connectivity index (χ0) is 11.5. The molecule has 3 atom stereocenters. The molecule has 3 unspecified atom stereocenters. The molecule has 1 aromatic heterocycles. The van der Waals surface area contributed by atoms with E-state index >= 15 is 0 Å². The van der Waals surface area contributed by atoms with Crippen molar-refractivity contribution in [2.75, 3.05) is 0 Å². The lowest BCUT2D eigenvalue weighted by Crippen LogP contribution is -2.43. The second-order valence-corrected chi connectivity index (χ2v) is 5.36. The lowest BCUT2D eigenvalue weighted by Gasteiger charge is -2.37. The van der Waals surface area contributed by atoms with E-state index in [9.17, 15) is 0 Å². The second kappa shape index (κ2) is 5.05. The highest BCUT2D eigenvalue weighted by molar-refractivity contribution is 5.10. The Balaban J connectivity index is 1.97. The molecule has 1 aromatic rings. The van der Waals surface area contributed by atoms with Crippen molar-refractivity contribution in [2.24, 2.45) is 11.8 Å². The van der Waals surface area contributed by atoms with Crippen molar-refractivity contribution in [1.82, 2.24) is 5.32 Å². The van der Waals surface area contributed by atoms with E-state index in [1.54, 1.807) is 6.26 Å². The molecule has 2 rings (SSSR count). The summed E-state index contributed by atoms with van der Waals surface area (Å²) in [7, 11) is 0. The van der Waals surface area contributed by atoms with Gasteiger partial charge in [0.1, 0.15) is 0 Å². The zero-order valence-electron chi connectivity index (χ0n) is 10.6. The lowest BCUT2D eigenvalue weighted by atomic mass is 9.78. The third-order valence-corrected chi connectivity index (χ3v) is 4.03. The van der Waals surface area contributed by atoms with Gasteiger partial charge in [-0.25, -0.2) is 0 Å². The number of furan rings is 1. The predicted molar refractivity (Wildman–Crippen MR) is 66.2 cm³/mol. The Morgan fingerprint density at radius 3 is 2.56 bits per heavy atom. The standard InChI is InChI=1S/C14H23NO/c1-10-5-4-6-11(2)14(10)15-12(3)13-7-8-16-9-13/h7-12,14-15H,4-6H2,1-3H3. The first-order chi connectivity index (χ1) is 7.68. The Morgan fingerprint density at radius 1 is 1.31 bits per heavy atom. The summed E-state index contributed by atoms with van der Waals surface area (Å²) in [5.74, 6) is 1.58. The molecule has 0 radical (unpaired) electrons. The minimum Gasteiger partial charge on any atom is -0.472 e. The largest absolute Gasteiger partial charge is 0.472 e. The fourth-order valence-corrected chi connectivity index (χ4v) is 2.92. The van der Waals surface area contributed by atoms with Crippen LogP contribution in [0.2, 0.25) is 0 Å². The molecule has 1 aliphatic rings. The Bertz CT molecular complexity index is 297. The van der Waals surface area contributed by atoms with Crippen LogP contribution in [0.1, 0.15) is 51.6 Å². The summed E-state index contributed by atoms with van der Waals surface area (Å²) in [5, 5.41) is 3.76. The minimum atomic E-state index is 0.395. The third-order valence-electron chi connectivity index (χ3n) is 4.03. The SMILES string of the molecule is CC(NC1C(C)CCCC1C)c1ccoc1. The van der Waals surface area contributed by atoms with Gasteiger partial charge in [0, 0.05) is 17.6 Å². The fraction of sp³-hybridized carbons (Fsp3) is 0.714. The van der Waals surface area contributed by atoms with E-state index in [4.69, 9.17) is 4.42 Å². The van der Waals surface area contributed by atoms with Crippen molar-refractivity contribution in [3.8, 4) is 0 Å². The van der Waals surface area contributed by atoms with Gasteiger partial charge in [-0.3, -0.25) is 0 Å². The van der Waals surface area contributed by atoms with Gasteiger partial charge in [-0.15, -0.1) is 0 Å². The summed E-state index contributed by atoms with van der Waals surface area (Å²) in [4.78, 5) is 0. The maximum atomic E-state index is 5.14. The van der Waals surface area contributed by atoms with Crippen LogP contribution in [-0.2, 0) is 0 Å². The monoisotopic (exact) mass is 221 g/mol. The minimum absolute atomic E-state index is 0.395. The maximum absolute atomic E-state index is 5.14. The number of rotatable bonds is 3. The summed E-state index contributed by atoms with van der Waals surface area (Å²) in [6.07, 6.45) is 7.71. The van der Waals surface area contributed by atoms with Crippen molar-refractivity contribution in [2.45, 2.75) is 52.1 Å². The third kappa shape index (κ3) is 2.49. The zero-order valence-corrected chi connectivity index (χ0v) is 10.6. The molecule has 0 spiro atoms. The van der Waals surface area contributed by atoms with Gasteiger partial charge in [0.2, 0.25) is 0 Å². The molecule has 1 saturated carbocycles. The van der Waals surface area contributed by atoms with Crippen LogP contribution < -0.4 is 5.32 Å². The van der Waals surface area contributed by atoms with Gasteiger partial charge in [0.25, 0.3) is 0 Å². The van der Waals surface area contributed by atoms with E-state index in [1.165, 1.54) is 24.8 Å². The Morgan fingerprint density at radius 2 is 2.00 bits per heavy atom. The lowest BCUT2D eigenvalue weighted by molar-refractivity contribution is 0.196. The van der Waals surface area contributed by atoms with E-state index in [0.717, 1.165) is 11.8 Å². The topological polar surface area (TPSA) is 25.2 Å². The molecule has 2 heteroatoms.